The van der Waals surface area contributed by atoms with Gasteiger partial charge in [0.15, 0.2) is 0 Å². The van der Waals surface area contributed by atoms with Gasteiger partial charge in [-0.25, -0.2) is 8.78 Å². The molecule has 0 aromatic heterocycles. The van der Waals surface area contributed by atoms with E-state index in [-0.39, 0.29) is 16.1 Å². The molecule has 0 aliphatic carbocycles. The first-order chi connectivity index (χ1) is 8.90. The Balaban J connectivity index is 2.49. The topological polar surface area (TPSA) is 20.2 Å². The first-order valence-corrected chi connectivity index (χ1v) is 6.66. The second-order valence-electron chi connectivity index (χ2n) is 4.22. The van der Waals surface area contributed by atoms with Gasteiger partial charge >= 0.3 is 0 Å². The number of rotatable bonds is 2. The monoisotopic (exact) mass is 346 g/mol. The Labute approximate surface area is 123 Å². The molecule has 100 valence electrons. The molecule has 19 heavy (non-hydrogen) atoms. The van der Waals surface area contributed by atoms with Gasteiger partial charge in [0, 0.05) is 15.6 Å². The van der Waals surface area contributed by atoms with Crippen molar-refractivity contribution in [3.63, 3.8) is 0 Å². The van der Waals surface area contributed by atoms with Gasteiger partial charge in [0.1, 0.15) is 17.7 Å². The molecule has 1 atom stereocenters. The molecule has 1 N–H and O–H groups in total. The molecule has 1 nitrogen and oxygen atoms in total. The lowest BCUT2D eigenvalue weighted by atomic mass is 9.99. The minimum atomic E-state index is -1.40. The average molecular weight is 348 g/mol. The highest BCUT2D eigenvalue weighted by Crippen LogP contribution is 2.32. The Hall–Kier alpha value is -0.970. The van der Waals surface area contributed by atoms with Crippen LogP contribution in [0.5, 0.6) is 0 Å². The van der Waals surface area contributed by atoms with Crippen LogP contribution in [0.3, 0.4) is 0 Å². The maximum absolute atomic E-state index is 13.8. The van der Waals surface area contributed by atoms with E-state index in [0.717, 1.165) is 11.6 Å². The quantitative estimate of drug-likeness (QED) is 0.776. The van der Waals surface area contributed by atoms with E-state index in [4.69, 9.17) is 11.6 Å². The lowest BCUT2D eigenvalue weighted by molar-refractivity contribution is 0.209. The number of aliphatic hydroxyl groups is 1. The van der Waals surface area contributed by atoms with Crippen molar-refractivity contribution in [3.8, 4) is 0 Å². The van der Waals surface area contributed by atoms with E-state index < -0.39 is 17.7 Å². The molecule has 1 unspecified atom stereocenters. The fourth-order valence-electron chi connectivity index (χ4n) is 1.77. The molecular weight excluding hydrogens is 338 g/mol. The van der Waals surface area contributed by atoms with E-state index in [2.05, 4.69) is 15.9 Å². The average Bonchev–Trinajstić information content (AvgIpc) is 2.33. The van der Waals surface area contributed by atoms with Crippen molar-refractivity contribution >= 4 is 27.5 Å². The van der Waals surface area contributed by atoms with Crippen LogP contribution in [0.2, 0.25) is 5.02 Å². The molecule has 0 amide bonds. The van der Waals surface area contributed by atoms with Crippen molar-refractivity contribution in [3.05, 3.63) is 68.2 Å². The van der Waals surface area contributed by atoms with Crippen LogP contribution in [-0.4, -0.2) is 5.11 Å². The molecule has 2 aromatic rings. The Morgan fingerprint density at radius 3 is 2.37 bits per heavy atom. The summed E-state index contributed by atoms with van der Waals surface area (Å²) in [4.78, 5) is 0. The molecule has 0 radical (unpaired) electrons. The SMILES string of the molecule is Cc1ccc(C(O)c2cc(Cl)c(Br)cc2F)c(F)c1. The zero-order valence-electron chi connectivity index (χ0n) is 9.92. The first-order valence-electron chi connectivity index (χ1n) is 5.48. The minimum absolute atomic E-state index is 0.0166. The summed E-state index contributed by atoms with van der Waals surface area (Å²) < 4.78 is 28.0. The van der Waals surface area contributed by atoms with Crippen LogP contribution in [0.25, 0.3) is 0 Å². The standard InChI is InChI=1S/C14H10BrClF2O/c1-7-2-3-8(12(17)4-7)14(19)9-5-11(16)10(15)6-13(9)18/h2-6,14,19H,1H3. The molecule has 0 aliphatic heterocycles. The Morgan fingerprint density at radius 2 is 1.74 bits per heavy atom. The molecule has 2 rings (SSSR count). The highest BCUT2D eigenvalue weighted by Gasteiger charge is 2.20. The lowest BCUT2D eigenvalue weighted by Crippen LogP contribution is -2.05. The van der Waals surface area contributed by atoms with Crippen LogP contribution < -0.4 is 0 Å². The summed E-state index contributed by atoms with van der Waals surface area (Å²) >= 11 is 8.95. The largest absolute Gasteiger partial charge is 0.383 e. The summed E-state index contributed by atoms with van der Waals surface area (Å²) in [7, 11) is 0. The third-order valence-corrected chi connectivity index (χ3v) is 3.98. The Bertz CT molecular complexity index is 631. The smallest absolute Gasteiger partial charge is 0.130 e. The van der Waals surface area contributed by atoms with E-state index in [0.29, 0.717) is 4.47 Å². The summed E-state index contributed by atoms with van der Waals surface area (Å²) in [5.74, 6) is -1.23. The van der Waals surface area contributed by atoms with Crippen LogP contribution in [-0.2, 0) is 0 Å². The molecule has 0 heterocycles. The Morgan fingerprint density at radius 1 is 1.11 bits per heavy atom. The summed E-state index contributed by atoms with van der Waals surface area (Å²) in [6, 6.07) is 6.81. The molecule has 0 saturated heterocycles. The van der Waals surface area contributed by atoms with Gasteiger partial charge in [-0.3, -0.25) is 0 Å². The van der Waals surface area contributed by atoms with Crippen LogP contribution >= 0.6 is 27.5 Å². The van der Waals surface area contributed by atoms with Gasteiger partial charge in [-0.1, -0.05) is 23.7 Å². The van der Waals surface area contributed by atoms with Gasteiger partial charge in [0.05, 0.1) is 5.02 Å². The highest BCUT2D eigenvalue weighted by atomic mass is 79.9. The number of aliphatic hydroxyl groups excluding tert-OH is 1. The maximum Gasteiger partial charge on any atom is 0.130 e. The second-order valence-corrected chi connectivity index (χ2v) is 5.48. The predicted octanol–water partition coefficient (Wildman–Crippen LogP) is 4.77. The molecule has 0 saturated carbocycles. The summed E-state index contributed by atoms with van der Waals surface area (Å²) in [6.07, 6.45) is -1.40. The fraction of sp³-hybridized carbons (Fsp3) is 0.143. The molecule has 0 fully saturated rings. The van der Waals surface area contributed by atoms with E-state index in [1.807, 2.05) is 0 Å². The number of hydrogen-bond acceptors (Lipinski definition) is 1. The van der Waals surface area contributed by atoms with Crippen molar-refractivity contribution in [1.29, 1.82) is 0 Å². The number of halogens is 4. The van der Waals surface area contributed by atoms with Gasteiger partial charge in [-0.05, 0) is 46.6 Å². The van der Waals surface area contributed by atoms with Crippen molar-refractivity contribution in [2.45, 2.75) is 13.0 Å². The number of benzene rings is 2. The fourth-order valence-corrected chi connectivity index (χ4v) is 2.26. The Kier molecular flexibility index (Phi) is 4.23. The molecule has 0 bridgehead atoms. The second kappa shape index (κ2) is 5.57. The van der Waals surface area contributed by atoms with Crippen molar-refractivity contribution in [2.75, 3.05) is 0 Å². The van der Waals surface area contributed by atoms with Crippen LogP contribution in [0.1, 0.15) is 22.8 Å². The molecule has 0 aliphatic rings. The number of aryl methyl sites for hydroxylation is 1. The molecule has 0 spiro atoms. The zero-order chi connectivity index (χ0) is 14.2. The van der Waals surface area contributed by atoms with E-state index in [9.17, 15) is 13.9 Å². The third kappa shape index (κ3) is 2.96. The third-order valence-electron chi connectivity index (χ3n) is 2.78. The van der Waals surface area contributed by atoms with E-state index >= 15 is 0 Å². The zero-order valence-corrected chi connectivity index (χ0v) is 12.3. The van der Waals surface area contributed by atoms with E-state index in [1.54, 1.807) is 13.0 Å². The van der Waals surface area contributed by atoms with Crippen molar-refractivity contribution in [1.82, 2.24) is 0 Å². The minimum Gasteiger partial charge on any atom is -0.383 e. The van der Waals surface area contributed by atoms with Gasteiger partial charge in [-0.15, -0.1) is 0 Å². The van der Waals surface area contributed by atoms with E-state index in [1.165, 1.54) is 18.2 Å². The first kappa shape index (κ1) is 14.4. The van der Waals surface area contributed by atoms with Crippen LogP contribution in [0, 0.1) is 18.6 Å². The lowest BCUT2D eigenvalue weighted by Gasteiger charge is -2.14. The van der Waals surface area contributed by atoms with Gasteiger partial charge in [0.25, 0.3) is 0 Å². The summed E-state index contributed by atoms with van der Waals surface area (Å²) in [5, 5.41) is 10.4. The van der Waals surface area contributed by atoms with Crippen molar-refractivity contribution in [2.24, 2.45) is 0 Å². The van der Waals surface area contributed by atoms with Crippen molar-refractivity contribution < 1.29 is 13.9 Å². The number of hydrogen-bond donors (Lipinski definition) is 1. The normalized spacial score (nSPS) is 12.5. The maximum atomic E-state index is 13.8. The van der Waals surface area contributed by atoms with Crippen LogP contribution in [0.15, 0.2) is 34.8 Å². The molecule has 2 aromatic carbocycles. The molecule has 5 heteroatoms. The van der Waals surface area contributed by atoms with Crippen LogP contribution in [0.4, 0.5) is 8.78 Å². The predicted molar refractivity (Wildman–Crippen MR) is 74.3 cm³/mol. The van der Waals surface area contributed by atoms with Gasteiger partial charge in [-0.2, -0.15) is 0 Å². The van der Waals surface area contributed by atoms with Gasteiger partial charge in [0.2, 0.25) is 0 Å². The van der Waals surface area contributed by atoms with Gasteiger partial charge < -0.3 is 5.11 Å². The molecular formula is C14H10BrClF2O. The summed E-state index contributed by atoms with van der Waals surface area (Å²) in [5.41, 5.74) is 0.682. The summed E-state index contributed by atoms with van der Waals surface area (Å²) in [6.45, 7) is 1.73. The highest BCUT2D eigenvalue weighted by molar-refractivity contribution is 9.10.